The number of methoxy groups -OCH3 is 1. The van der Waals surface area contributed by atoms with Gasteiger partial charge in [-0.05, 0) is 25.0 Å². The average Bonchev–Trinajstić information content (AvgIpc) is 3.36. The van der Waals surface area contributed by atoms with E-state index in [0.717, 1.165) is 46.7 Å². The number of para-hydroxylation sites is 1. The Labute approximate surface area is 172 Å². The molecule has 1 aliphatic heterocycles. The number of ether oxygens (including phenoxy) is 1. The zero-order valence-electron chi connectivity index (χ0n) is 16.9. The fraction of sp³-hybridized carbons (Fsp3) is 0.333. The highest BCUT2D eigenvalue weighted by atomic mass is 16.5. The van der Waals surface area contributed by atoms with E-state index < -0.39 is 0 Å². The Morgan fingerprint density at radius 2 is 2.10 bits per heavy atom. The predicted molar refractivity (Wildman–Crippen MR) is 113 cm³/mol. The molecule has 9 nitrogen and oxygen atoms in total. The molecule has 4 aromatic rings. The number of nitrogens with one attached hydrogen (secondary N) is 1. The van der Waals surface area contributed by atoms with Gasteiger partial charge in [0.05, 0.1) is 18.3 Å². The molecule has 0 saturated carbocycles. The maximum Gasteiger partial charge on any atom is 0.219 e. The number of nitrogens with two attached hydrogens (primary N) is 1. The number of likely N-dealkylation sites (tertiary alicyclic amines) is 1. The molecule has 0 bridgehead atoms. The Hall–Kier alpha value is -3.62. The van der Waals surface area contributed by atoms with Gasteiger partial charge in [-0.1, -0.05) is 12.1 Å². The average molecular weight is 405 g/mol. The minimum Gasteiger partial charge on any atom is -0.495 e. The van der Waals surface area contributed by atoms with Crippen molar-refractivity contribution in [3.8, 4) is 17.1 Å². The lowest BCUT2D eigenvalue weighted by molar-refractivity contribution is -0.129. The largest absolute Gasteiger partial charge is 0.495 e. The molecule has 0 radical (unpaired) electrons. The van der Waals surface area contributed by atoms with Crippen LogP contribution in [0.15, 0.2) is 30.6 Å². The van der Waals surface area contributed by atoms with E-state index in [1.54, 1.807) is 18.5 Å². The lowest BCUT2D eigenvalue weighted by atomic mass is 9.96. The molecule has 3 N–H and O–H groups in total. The second-order valence-corrected chi connectivity index (χ2v) is 7.61. The van der Waals surface area contributed by atoms with Gasteiger partial charge >= 0.3 is 0 Å². The zero-order chi connectivity index (χ0) is 20.8. The number of nitrogens with zero attached hydrogens (tertiary/aromatic N) is 5. The van der Waals surface area contributed by atoms with Gasteiger partial charge in [0, 0.05) is 31.3 Å². The number of benzene rings is 1. The van der Waals surface area contributed by atoms with Crippen LogP contribution in [0.5, 0.6) is 5.75 Å². The Bertz CT molecular complexity index is 1250. The van der Waals surface area contributed by atoms with Crippen molar-refractivity contribution in [2.45, 2.75) is 25.7 Å². The summed E-state index contributed by atoms with van der Waals surface area (Å²) in [6.45, 7) is 3.05. The van der Waals surface area contributed by atoms with Gasteiger partial charge < -0.3 is 20.4 Å². The number of rotatable bonds is 3. The van der Waals surface area contributed by atoms with Gasteiger partial charge in [0.25, 0.3) is 0 Å². The van der Waals surface area contributed by atoms with Crippen molar-refractivity contribution in [3.63, 3.8) is 0 Å². The van der Waals surface area contributed by atoms with E-state index in [4.69, 9.17) is 15.5 Å². The number of nitrogen functional groups attached to an aromatic ring is 1. The van der Waals surface area contributed by atoms with Gasteiger partial charge in [0.2, 0.25) is 5.91 Å². The number of amides is 1. The molecular weight excluding hydrogens is 382 g/mol. The van der Waals surface area contributed by atoms with Crippen molar-refractivity contribution < 1.29 is 9.53 Å². The number of carbonyl (C=O) groups excluding carboxylic acids is 1. The van der Waals surface area contributed by atoms with E-state index in [1.165, 1.54) is 6.33 Å². The van der Waals surface area contributed by atoms with E-state index >= 15 is 0 Å². The van der Waals surface area contributed by atoms with Crippen LogP contribution in [0, 0.1) is 0 Å². The smallest absolute Gasteiger partial charge is 0.219 e. The topological polar surface area (TPSA) is 114 Å². The Balaban J connectivity index is 1.63. The van der Waals surface area contributed by atoms with Crippen molar-refractivity contribution in [2.75, 3.05) is 25.9 Å². The summed E-state index contributed by atoms with van der Waals surface area (Å²) < 4.78 is 7.28. The second kappa shape index (κ2) is 7.01. The summed E-state index contributed by atoms with van der Waals surface area (Å²) in [6, 6.07) is 7.93. The number of fused-ring (bicyclic) bond motifs is 2. The minimum atomic E-state index is 0.112. The van der Waals surface area contributed by atoms with Crippen molar-refractivity contribution >= 4 is 28.1 Å². The molecule has 3 aromatic heterocycles. The normalized spacial score (nSPS) is 15.2. The van der Waals surface area contributed by atoms with Crippen LogP contribution in [-0.2, 0) is 4.79 Å². The standard InChI is InChI=1S/C21H23N7O2/c1-12(29)27-8-6-13(7-9-27)21-26-18(19-20(22)23-11-24-28(19)21)15-10-14-4-3-5-16(30-2)17(14)25-15/h3-5,10-11,13,25H,6-9H2,1-2H3,(H2,22,23,24). The maximum absolute atomic E-state index is 11.7. The maximum atomic E-state index is 11.7. The Kier molecular flexibility index (Phi) is 4.30. The third kappa shape index (κ3) is 2.85. The number of aromatic amines is 1. The van der Waals surface area contributed by atoms with Crippen LogP contribution in [0.2, 0.25) is 0 Å². The van der Waals surface area contributed by atoms with Gasteiger partial charge in [-0.3, -0.25) is 4.79 Å². The lowest BCUT2D eigenvalue weighted by Gasteiger charge is -2.30. The second-order valence-electron chi connectivity index (χ2n) is 7.61. The molecule has 0 atom stereocenters. The van der Waals surface area contributed by atoms with Gasteiger partial charge in [0.15, 0.2) is 5.82 Å². The number of anilines is 1. The van der Waals surface area contributed by atoms with Crippen molar-refractivity contribution in [1.29, 1.82) is 0 Å². The number of hydrogen-bond acceptors (Lipinski definition) is 6. The molecule has 4 heterocycles. The van der Waals surface area contributed by atoms with Gasteiger partial charge in [-0.25, -0.2) is 14.5 Å². The van der Waals surface area contributed by atoms with Gasteiger partial charge in [-0.15, -0.1) is 0 Å². The summed E-state index contributed by atoms with van der Waals surface area (Å²) in [5, 5.41) is 5.47. The van der Waals surface area contributed by atoms with Crippen LogP contribution >= 0.6 is 0 Å². The van der Waals surface area contributed by atoms with E-state index in [9.17, 15) is 4.79 Å². The first-order valence-corrected chi connectivity index (χ1v) is 9.97. The van der Waals surface area contributed by atoms with Crippen molar-refractivity contribution in [2.24, 2.45) is 0 Å². The van der Waals surface area contributed by atoms with E-state index in [2.05, 4.69) is 15.1 Å². The summed E-state index contributed by atoms with van der Waals surface area (Å²) >= 11 is 0. The number of imidazole rings is 1. The minimum absolute atomic E-state index is 0.112. The molecule has 1 aromatic carbocycles. The number of aromatic nitrogens is 5. The fourth-order valence-electron chi connectivity index (χ4n) is 4.31. The highest BCUT2D eigenvalue weighted by molar-refractivity contribution is 5.93. The van der Waals surface area contributed by atoms with E-state index in [-0.39, 0.29) is 11.8 Å². The molecule has 0 spiro atoms. The first-order valence-electron chi connectivity index (χ1n) is 9.97. The summed E-state index contributed by atoms with van der Waals surface area (Å²) in [5.74, 6) is 2.30. The molecule has 154 valence electrons. The molecule has 1 aliphatic rings. The molecule has 0 unspecified atom stereocenters. The molecule has 1 amide bonds. The van der Waals surface area contributed by atoms with E-state index in [1.807, 2.05) is 29.2 Å². The first kappa shape index (κ1) is 18.4. The van der Waals surface area contributed by atoms with Crippen LogP contribution in [0.4, 0.5) is 5.82 Å². The summed E-state index contributed by atoms with van der Waals surface area (Å²) in [4.78, 5) is 26.1. The molecule has 1 fully saturated rings. The third-order valence-corrected chi connectivity index (χ3v) is 5.88. The molecule has 30 heavy (non-hydrogen) atoms. The van der Waals surface area contributed by atoms with Crippen LogP contribution in [-0.4, -0.2) is 55.6 Å². The molecular formula is C21H23N7O2. The Morgan fingerprint density at radius 1 is 1.30 bits per heavy atom. The monoisotopic (exact) mass is 405 g/mol. The molecule has 9 heteroatoms. The van der Waals surface area contributed by atoms with Crippen LogP contribution in [0.1, 0.15) is 31.5 Å². The third-order valence-electron chi connectivity index (χ3n) is 5.88. The molecule has 0 aliphatic carbocycles. The van der Waals surface area contributed by atoms with Crippen LogP contribution in [0.25, 0.3) is 27.8 Å². The number of H-pyrrole nitrogens is 1. The number of piperidine rings is 1. The van der Waals surface area contributed by atoms with Gasteiger partial charge in [-0.2, -0.15) is 5.10 Å². The predicted octanol–water partition coefficient (Wildman–Crippen LogP) is 2.59. The molecule has 1 saturated heterocycles. The molecule has 5 rings (SSSR count). The zero-order valence-corrected chi connectivity index (χ0v) is 16.9. The highest BCUT2D eigenvalue weighted by Crippen LogP contribution is 2.36. The number of hydrogen-bond donors (Lipinski definition) is 2. The van der Waals surface area contributed by atoms with Crippen molar-refractivity contribution in [3.05, 3.63) is 36.4 Å². The highest BCUT2D eigenvalue weighted by Gasteiger charge is 2.28. The summed E-state index contributed by atoms with van der Waals surface area (Å²) in [6.07, 6.45) is 3.13. The van der Waals surface area contributed by atoms with Gasteiger partial charge in [0.1, 0.15) is 29.1 Å². The van der Waals surface area contributed by atoms with Crippen LogP contribution in [0.3, 0.4) is 0 Å². The summed E-state index contributed by atoms with van der Waals surface area (Å²) in [5.41, 5.74) is 9.39. The quantitative estimate of drug-likeness (QED) is 0.541. The van der Waals surface area contributed by atoms with Crippen molar-refractivity contribution in [1.82, 2.24) is 29.5 Å². The number of carbonyl (C=O) groups is 1. The SMILES string of the molecule is COc1cccc2cc(-c3nc(C4CCN(C(C)=O)CC4)n4ncnc(N)c34)[nH]c12. The summed E-state index contributed by atoms with van der Waals surface area (Å²) in [7, 11) is 1.65. The first-order chi connectivity index (χ1) is 14.6. The fourth-order valence-corrected chi connectivity index (χ4v) is 4.31. The Morgan fingerprint density at radius 3 is 2.83 bits per heavy atom. The van der Waals surface area contributed by atoms with Crippen LogP contribution < -0.4 is 10.5 Å². The van der Waals surface area contributed by atoms with E-state index in [0.29, 0.717) is 24.4 Å². The lowest BCUT2D eigenvalue weighted by Crippen LogP contribution is -2.36.